The summed E-state index contributed by atoms with van der Waals surface area (Å²) in [4.78, 5) is 0. The number of halogens is 7. The zero-order chi connectivity index (χ0) is 10.9. The first-order valence-corrected chi connectivity index (χ1v) is 2.89. The van der Waals surface area contributed by atoms with Crippen molar-refractivity contribution in [2.24, 2.45) is 0 Å². The molecule has 0 aromatic rings. The molecule has 0 aliphatic heterocycles. The largest absolute Gasteiger partial charge is 0.430 e. The first kappa shape index (κ1) is 12.5. The molecule has 0 aromatic carbocycles. The first-order chi connectivity index (χ1) is 5.56. The average Bonchev–Trinajstić information content (AvgIpc) is 1.84. The van der Waals surface area contributed by atoms with Crippen molar-refractivity contribution in [2.45, 2.75) is 24.9 Å². The van der Waals surface area contributed by atoms with Gasteiger partial charge in [0, 0.05) is 0 Å². The molecular formula is C5H5F7O. The van der Waals surface area contributed by atoms with Crippen LogP contribution >= 0.6 is 0 Å². The van der Waals surface area contributed by atoms with E-state index in [4.69, 9.17) is 0 Å². The van der Waals surface area contributed by atoms with Crippen molar-refractivity contribution in [2.75, 3.05) is 6.86 Å². The van der Waals surface area contributed by atoms with E-state index in [2.05, 4.69) is 4.74 Å². The van der Waals surface area contributed by atoms with Crippen LogP contribution in [-0.4, -0.2) is 24.8 Å². The number of hydrogen-bond donors (Lipinski definition) is 0. The average molecular weight is 214 g/mol. The molecule has 0 saturated heterocycles. The lowest BCUT2D eigenvalue weighted by Crippen LogP contribution is -2.54. The van der Waals surface area contributed by atoms with E-state index < -0.39 is 31.7 Å². The Labute approximate surface area is 68.5 Å². The predicted molar refractivity (Wildman–Crippen MR) is 27.6 cm³/mol. The van der Waals surface area contributed by atoms with Gasteiger partial charge < -0.3 is 0 Å². The second-order valence-electron chi connectivity index (χ2n) is 2.27. The van der Waals surface area contributed by atoms with Gasteiger partial charge in [0.1, 0.15) is 0 Å². The molecule has 0 fully saturated rings. The van der Waals surface area contributed by atoms with Crippen molar-refractivity contribution in [1.82, 2.24) is 0 Å². The maximum Gasteiger partial charge on any atom is 0.430 e. The third-order valence-corrected chi connectivity index (χ3v) is 1.31. The zero-order valence-electron chi connectivity index (χ0n) is 6.26. The second kappa shape index (κ2) is 3.32. The molecule has 8 heteroatoms. The van der Waals surface area contributed by atoms with Crippen LogP contribution in [0, 0.1) is 0 Å². The van der Waals surface area contributed by atoms with Gasteiger partial charge in [-0.1, -0.05) is 0 Å². The summed E-state index contributed by atoms with van der Waals surface area (Å²) in [6, 6.07) is 0. The van der Waals surface area contributed by atoms with Crippen molar-refractivity contribution in [1.29, 1.82) is 0 Å². The van der Waals surface area contributed by atoms with E-state index in [-0.39, 0.29) is 0 Å². The number of hydrogen-bond acceptors (Lipinski definition) is 1. The molecule has 0 heterocycles. The van der Waals surface area contributed by atoms with Gasteiger partial charge in [-0.15, -0.1) is 0 Å². The van der Waals surface area contributed by atoms with Crippen LogP contribution in [0.25, 0.3) is 0 Å². The van der Waals surface area contributed by atoms with Crippen LogP contribution in [0.2, 0.25) is 0 Å². The highest BCUT2D eigenvalue weighted by Crippen LogP contribution is 2.45. The van der Waals surface area contributed by atoms with Gasteiger partial charge in [0.05, 0.1) is 0 Å². The molecule has 0 spiro atoms. The monoisotopic (exact) mass is 214 g/mol. The van der Waals surface area contributed by atoms with Gasteiger partial charge in [0.2, 0.25) is 0 Å². The Hall–Kier alpha value is -0.530. The van der Waals surface area contributed by atoms with Gasteiger partial charge in [-0.25, -0.2) is 8.78 Å². The van der Waals surface area contributed by atoms with Gasteiger partial charge in [0.25, 0.3) is 5.67 Å². The Morgan fingerprint density at radius 3 is 1.62 bits per heavy atom. The molecule has 0 rings (SSSR count). The molecule has 1 atom stereocenters. The van der Waals surface area contributed by atoms with Gasteiger partial charge in [-0.3, -0.25) is 4.74 Å². The van der Waals surface area contributed by atoms with Crippen molar-refractivity contribution in [3.8, 4) is 0 Å². The van der Waals surface area contributed by atoms with Gasteiger partial charge in [0.15, 0.2) is 6.86 Å². The van der Waals surface area contributed by atoms with Crippen molar-refractivity contribution in [3.05, 3.63) is 0 Å². The molecule has 0 aromatic heterocycles. The molecule has 0 amide bonds. The highest BCUT2D eigenvalue weighted by Gasteiger charge is 2.69. The summed E-state index contributed by atoms with van der Waals surface area (Å²) in [7, 11) is 0. The van der Waals surface area contributed by atoms with Crippen molar-refractivity contribution >= 4 is 0 Å². The lowest BCUT2D eigenvalue weighted by Gasteiger charge is -2.30. The van der Waals surface area contributed by atoms with E-state index in [1.807, 2.05) is 0 Å². The fraction of sp³-hybridized carbons (Fsp3) is 1.00. The minimum atomic E-state index is -5.83. The minimum absolute atomic E-state index is 0.428. The molecule has 80 valence electrons. The Bertz CT molecular complexity index is 172. The molecule has 0 aliphatic rings. The summed E-state index contributed by atoms with van der Waals surface area (Å²) >= 11 is 0. The lowest BCUT2D eigenvalue weighted by molar-refractivity contribution is -0.383. The van der Waals surface area contributed by atoms with E-state index in [1.54, 1.807) is 0 Å². The van der Waals surface area contributed by atoms with Crippen molar-refractivity contribution < 1.29 is 35.5 Å². The van der Waals surface area contributed by atoms with Gasteiger partial charge in [-0.2, -0.15) is 22.0 Å². The third-order valence-electron chi connectivity index (χ3n) is 1.31. The van der Waals surface area contributed by atoms with E-state index >= 15 is 0 Å². The molecule has 13 heavy (non-hydrogen) atoms. The molecule has 0 bridgehead atoms. The molecule has 0 saturated carbocycles. The van der Waals surface area contributed by atoms with Crippen LogP contribution in [0.4, 0.5) is 30.7 Å². The Kier molecular flexibility index (Phi) is 3.18. The normalized spacial score (nSPS) is 18.5. The highest BCUT2D eigenvalue weighted by molar-refractivity contribution is 4.90. The summed E-state index contributed by atoms with van der Waals surface area (Å²) in [5.74, 6) is 0. The number of alkyl halides is 7. The third kappa shape index (κ3) is 2.23. The Morgan fingerprint density at radius 2 is 1.38 bits per heavy atom. The highest BCUT2D eigenvalue weighted by atomic mass is 19.4. The fourth-order valence-corrected chi connectivity index (χ4v) is 0.369. The quantitative estimate of drug-likeness (QED) is 0.656. The van der Waals surface area contributed by atoms with E-state index in [0.29, 0.717) is 0 Å². The Morgan fingerprint density at radius 1 is 1.00 bits per heavy atom. The van der Waals surface area contributed by atoms with Crippen LogP contribution in [0.1, 0.15) is 6.92 Å². The molecule has 0 aliphatic carbocycles. The summed E-state index contributed by atoms with van der Waals surface area (Å²) in [6.45, 7) is -2.63. The summed E-state index contributed by atoms with van der Waals surface area (Å²) in [5.41, 5.74) is -4.91. The fourth-order valence-electron chi connectivity index (χ4n) is 0.369. The van der Waals surface area contributed by atoms with E-state index in [1.165, 1.54) is 0 Å². The van der Waals surface area contributed by atoms with E-state index in [9.17, 15) is 30.7 Å². The lowest BCUT2D eigenvalue weighted by atomic mass is 10.1. The van der Waals surface area contributed by atoms with Gasteiger partial charge in [-0.05, 0) is 6.92 Å². The van der Waals surface area contributed by atoms with Crippen LogP contribution in [0.5, 0.6) is 0 Å². The second-order valence-corrected chi connectivity index (χ2v) is 2.27. The topological polar surface area (TPSA) is 9.23 Å². The molecule has 0 N–H and O–H groups in total. The van der Waals surface area contributed by atoms with Crippen molar-refractivity contribution in [3.63, 3.8) is 0 Å². The van der Waals surface area contributed by atoms with Crippen LogP contribution in [-0.2, 0) is 4.74 Å². The van der Waals surface area contributed by atoms with Crippen LogP contribution in [0.15, 0.2) is 0 Å². The smallest absolute Gasteiger partial charge is 0.286 e. The number of rotatable bonds is 3. The molecule has 1 unspecified atom stereocenters. The Balaban J connectivity index is 4.81. The van der Waals surface area contributed by atoms with E-state index in [0.717, 1.165) is 0 Å². The predicted octanol–water partition coefficient (Wildman–Crippen LogP) is 2.81. The first-order valence-electron chi connectivity index (χ1n) is 2.89. The maximum atomic E-state index is 12.4. The molecular weight excluding hydrogens is 209 g/mol. The summed E-state index contributed by atoms with van der Waals surface area (Å²) in [6.07, 6.45) is -11.1. The molecule has 1 nitrogen and oxygen atoms in total. The minimum Gasteiger partial charge on any atom is -0.286 e. The number of ether oxygens (including phenoxy) is 1. The maximum absolute atomic E-state index is 12.4. The summed E-state index contributed by atoms with van der Waals surface area (Å²) in [5, 5.41) is 0. The SMILES string of the molecule is CC(F)(C(F)(F)F)C(F)(F)OCF. The van der Waals surface area contributed by atoms with Gasteiger partial charge >= 0.3 is 12.3 Å². The molecule has 0 radical (unpaired) electrons. The zero-order valence-corrected chi connectivity index (χ0v) is 6.26. The summed E-state index contributed by atoms with van der Waals surface area (Å²) < 4.78 is 85.4. The standard InChI is InChI=1S/C5H5F7O/c1-3(7,4(8,9)10)5(11,12)13-2-6/h2H2,1H3. The van der Waals surface area contributed by atoms with Crippen LogP contribution < -0.4 is 0 Å². The van der Waals surface area contributed by atoms with Crippen LogP contribution in [0.3, 0.4) is 0 Å².